The van der Waals surface area contributed by atoms with Gasteiger partial charge in [-0.2, -0.15) is 4.98 Å². The van der Waals surface area contributed by atoms with Gasteiger partial charge in [-0.15, -0.1) is 0 Å². The lowest BCUT2D eigenvalue weighted by Gasteiger charge is -2.09. The highest BCUT2D eigenvalue weighted by Crippen LogP contribution is 2.16. The van der Waals surface area contributed by atoms with Gasteiger partial charge in [0.05, 0.1) is 6.10 Å². The molecule has 0 aliphatic rings. The van der Waals surface area contributed by atoms with Gasteiger partial charge in [0.25, 0.3) is 5.56 Å². The van der Waals surface area contributed by atoms with Crippen molar-refractivity contribution < 1.29 is 5.11 Å². The van der Waals surface area contributed by atoms with Crippen LogP contribution in [0.5, 0.6) is 0 Å². The van der Waals surface area contributed by atoms with Crippen LogP contribution in [0.3, 0.4) is 0 Å². The Morgan fingerprint density at radius 2 is 1.86 bits per heavy atom. The summed E-state index contributed by atoms with van der Waals surface area (Å²) in [6.45, 7) is 4.68. The van der Waals surface area contributed by atoms with Crippen molar-refractivity contribution in [2.24, 2.45) is 14.1 Å². The quantitative estimate of drug-likeness (QED) is 0.564. The summed E-state index contributed by atoms with van der Waals surface area (Å²) in [4.78, 5) is 30.2. The van der Waals surface area contributed by atoms with Gasteiger partial charge in [0, 0.05) is 27.2 Å². The maximum atomic E-state index is 13.0. The van der Waals surface area contributed by atoms with Gasteiger partial charge in [0.2, 0.25) is 5.95 Å². The van der Waals surface area contributed by atoms with E-state index in [0.717, 1.165) is 12.0 Å². The Hall–Kier alpha value is -2.87. The Labute approximate surface area is 169 Å². The number of unbranched alkanes of at least 4 members (excludes halogenated alkanes) is 1. The van der Waals surface area contributed by atoms with Crippen molar-refractivity contribution in [2.75, 3.05) is 5.32 Å². The molecule has 8 nitrogen and oxygen atoms in total. The van der Waals surface area contributed by atoms with Crippen molar-refractivity contribution in [2.45, 2.75) is 52.3 Å². The summed E-state index contributed by atoms with van der Waals surface area (Å²) in [6.07, 6.45) is 1.67. The van der Waals surface area contributed by atoms with Gasteiger partial charge in [-0.25, -0.2) is 4.79 Å². The van der Waals surface area contributed by atoms with Crippen molar-refractivity contribution in [1.29, 1.82) is 0 Å². The number of anilines is 1. The van der Waals surface area contributed by atoms with Gasteiger partial charge in [0.1, 0.15) is 0 Å². The summed E-state index contributed by atoms with van der Waals surface area (Å²) in [7, 11) is 3.41. The first kappa shape index (κ1) is 20.9. The van der Waals surface area contributed by atoms with E-state index in [0.29, 0.717) is 43.0 Å². The van der Waals surface area contributed by atoms with Crippen LogP contribution >= 0.6 is 0 Å². The standard InChI is InChI=1S/C21H29N5O3/c1-14-9-5-6-11-16(14)13-22-20-23-18-17(24(20)3)19(28)26(21(29)25(18)4)12-8-7-10-15(2)27/h5-6,9,11,15,27H,7-8,10,12-13H2,1-4H3,(H,22,23). The number of fused-ring (bicyclic) bond motifs is 1. The molecule has 2 heterocycles. The fourth-order valence-electron chi connectivity index (χ4n) is 3.49. The number of nitrogens with one attached hydrogen (secondary N) is 1. The Bertz CT molecular complexity index is 1120. The zero-order chi connectivity index (χ0) is 21.1. The highest BCUT2D eigenvalue weighted by atomic mass is 16.3. The normalized spacial score (nSPS) is 12.4. The Morgan fingerprint density at radius 1 is 1.14 bits per heavy atom. The van der Waals surface area contributed by atoms with E-state index < -0.39 is 0 Å². The smallest absolute Gasteiger partial charge is 0.332 e. The summed E-state index contributed by atoms with van der Waals surface area (Å²) in [5, 5.41) is 12.7. The molecule has 2 aromatic heterocycles. The van der Waals surface area contributed by atoms with Crippen LogP contribution < -0.4 is 16.6 Å². The van der Waals surface area contributed by atoms with E-state index >= 15 is 0 Å². The number of aliphatic hydroxyl groups is 1. The van der Waals surface area contributed by atoms with E-state index in [2.05, 4.69) is 10.3 Å². The molecule has 0 aliphatic heterocycles. The van der Waals surface area contributed by atoms with Gasteiger partial charge in [-0.05, 0) is 44.2 Å². The minimum absolute atomic E-state index is 0.325. The summed E-state index contributed by atoms with van der Waals surface area (Å²) in [6, 6.07) is 8.07. The monoisotopic (exact) mass is 399 g/mol. The third kappa shape index (κ3) is 4.27. The predicted molar refractivity (Wildman–Crippen MR) is 114 cm³/mol. The number of hydrogen-bond donors (Lipinski definition) is 2. The number of hydrogen-bond acceptors (Lipinski definition) is 5. The van der Waals surface area contributed by atoms with E-state index in [4.69, 9.17) is 0 Å². The number of imidazole rings is 1. The van der Waals surface area contributed by atoms with Crippen molar-refractivity contribution >= 4 is 17.1 Å². The second-order valence-electron chi connectivity index (χ2n) is 7.59. The molecule has 2 N–H and O–H groups in total. The highest BCUT2D eigenvalue weighted by molar-refractivity contribution is 5.74. The minimum Gasteiger partial charge on any atom is -0.393 e. The van der Waals surface area contributed by atoms with E-state index in [1.54, 1.807) is 25.6 Å². The third-order valence-electron chi connectivity index (χ3n) is 5.31. The van der Waals surface area contributed by atoms with Gasteiger partial charge >= 0.3 is 5.69 Å². The third-order valence-corrected chi connectivity index (χ3v) is 5.31. The van der Waals surface area contributed by atoms with Crippen LogP contribution in [0.2, 0.25) is 0 Å². The fourth-order valence-corrected chi connectivity index (χ4v) is 3.49. The second-order valence-corrected chi connectivity index (χ2v) is 7.59. The van der Waals surface area contributed by atoms with Gasteiger partial charge in [-0.1, -0.05) is 24.3 Å². The largest absolute Gasteiger partial charge is 0.393 e. The van der Waals surface area contributed by atoms with E-state index in [1.165, 1.54) is 14.7 Å². The van der Waals surface area contributed by atoms with E-state index in [1.807, 2.05) is 31.2 Å². The molecule has 1 atom stereocenters. The molecular formula is C21H29N5O3. The van der Waals surface area contributed by atoms with Gasteiger partial charge in [0.15, 0.2) is 11.2 Å². The predicted octanol–water partition coefficient (Wildman–Crippen LogP) is 1.91. The molecule has 1 aromatic carbocycles. The van der Waals surface area contributed by atoms with Gasteiger partial charge in [-0.3, -0.25) is 13.9 Å². The topological polar surface area (TPSA) is 94.1 Å². The van der Waals surface area contributed by atoms with Crippen molar-refractivity contribution in [3.63, 3.8) is 0 Å². The molecule has 0 spiro atoms. The SMILES string of the molecule is Cc1ccccc1CNc1nc2c(c(=O)n(CCCCC(C)O)c(=O)n2C)n1C. The summed E-state index contributed by atoms with van der Waals surface area (Å²) >= 11 is 0. The number of nitrogens with zero attached hydrogens (tertiary/aromatic N) is 4. The van der Waals surface area contributed by atoms with Crippen molar-refractivity contribution in [1.82, 2.24) is 18.7 Å². The molecule has 0 aliphatic carbocycles. The molecular weight excluding hydrogens is 370 g/mol. The van der Waals surface area contributed by atoms with Crippen molar-refractivity contribution in [3.8, 4) is 0 Å². The zero-order valence-electron chi connectivity index (χ0n) is 17.5. The van der Waals surface area contributed by atoms with Crippen LogP contribution in [-0.4, -0.2) is 29.9 Å². The molecule has 8 heteroatoms. The molecule has 156 valence electrons. The first-order valence-corrected chi connectivity index (χ1v) is 9.94. The molecule has 3 rings (SSSR count). The fraction of sp³-hybridized carbons (Fsp3) is 0.476. The zero-order valence-corrected chi connectivity index (χ0v) is 17.5. The average Bonchev–Trinajstić information content (AvgIpc) is 3.01. The number of aromatic nitrogens is 4. The first-order valence-electron chi connectivity index (χ1n) is 9.94. The number of benzene rings is 1. The molecule has 0 radical (unpaired) electrons. The van der Waals surface area contributed by atoms with Crippen LogP contribution in [0.15, 0.2) is 33.9 Å². The Morgan fingerprint density at radius 3 is 2.55 bits per heavy atom. The first-order chi connectivity index (χ1) is 13.8. The Kier molecular flexibility index (Phi) is 6.22. The Balaban J connectivity index is 1.91. The molecule has 0 saturated carbocycles. The molecule has 0 fully saturated rings. The van der Waals surface area contributed by atoms with Crippen LogP contribution in [0, 0.1) is 6.92 Å². The number of aryl methyl sites for hydroxylation is 3. The molecule has 3 aromatic rings. The molecule has 0 saturated heterocycles. The lowest BCUT2D eigenvalue weighted by Crippen LogP contribution is -2.39. The molecule has 0 bridgehead atoms. The lowest BCUT2D eigenvalue weighted by atomic mass is 10.1. The summed E-state index contributed by atoms with van der Waals surface area (Å²) in [5.41, 5.74) is 2.38. The van der Waals surface area contributed by atoms with Crippen LogP contribution in [0.25, 0.3) is 11.2 Å². The highest BCUT2D eigenvalue weighted by Gasteiger charge is 2.18. The van der Waals surface area contributed by atoms with E-state index in [9.17, 15) is 14.7 Å². The number of rotatable bonds is 8. The molecule has 1 unspecified atom stereocenters. The lowest BCUT2D eigenvalue weighted by molar-refractivity contribution is 0.180. The number of aliphatic hydroxyl groups excluding tert-OH is 1. The summed E-state index contributed by atoms with van der Waals surface area (Å²) < 4.78 is 4.39. The van der Waals surface area contributed by atoms with Crippen LogP contribution in [-0.2, 0) is 27.2 Å². The average molecular weight is 399 g/mol. The maximum absolute atomic E-state index is 13.0. The van der Waals surface area contributed by atoms with E-state index in [-0.39, 0.29) is 17.4 Å². The molecule has 29 heavy (non-hydrogen) atoms. The van der Waals surface area contributed by atoms with Crippen LogP contribution in [0.1, 0.15) is 37.3 Å². The molecule has 0 amide bonds. The summed E-state index contributed by atoms with van der Waals surface area (Å²) in [5.74, 6) is 0.544. The second kappa shape index (κ2) is 8.65. The maximum Gasteiger partial charge on any atom is 0.332 e. The van der Waals surface area contributed by atoms with Crippen LogP contribution in [0.4, 0.5) is 5.95 Å². The van der Waals surface area contributed by atoms with Gasteiger partial charge < -0.3 is 15.0 Å². The van der Waals surface area contributed by atoms with Crippen molar-refractivity contribution in [3.05, 3.63) is 56.2 Å². The minimum atomic E-state index is -0.379.